The second-order valence-electron chi connectivity index (χ2n) is 6.20. The number of rotatable bonds is 7. The zero-order valence-corrected chi connectivity index (χ0v) is 15.7. The molecule has 0 saturated carbocycles. The number of hydrogen-bond acceptors (Lipinski definition) is 4. The molecule has 7 heteroatoms. The number of piperidine rings is 1. The molecule has 0 spiro atoms. The van der Waals surface area contributed by atoms with Gasteiger partial charge >= 0.3 is 6.09 Å². The van der Waals surface area contributed by atoms with Gasteiger partial charge < -0.3 is 25.4 Å². The molecule has 1 aromatic rings. The lowest BCUT2D eigenvalue weighted by atomic mass is 10.1. The first-order valence-electron chi connectivity index (χ1n) is 9.32. The fourth-order valence-electron chi connectivity index (χ4n) is 2.94. The van der Waals surface area contributed by atoms with E-state index in [0.29, 0.717) is 38.8 Å². The number of benzene rings is 1. The third-order valence-electron chi connectivity index (χ3n) is 4.27. The number of nitrogens with zero attached hydrogens (tertiary/aromatic N) is 2. The van der Waals surface area contributed by atoms with E-state index in [-0.39, 0.29) is 12.1 Å². The van der Waals surface area contributed by atoms with Gasteiger partial charge in [-0.05, 0) is 50.8 Å². The third kappa shape index (κ3) is 6.46. The summed E-state index contributed by atoms with van der Waals surface area (Å²) in [6.07, 6.45) is 2.25. The van der Waals surface area contributed by atoms with Gasteiger partial charge in [-0.25, -0.2) is 4.79 Å². The number of nitrogens with two attached hydrogens (primary N) is 1. The summed E-state index contributed by atoms with van der Waals surface area (Å²) in [7, 11) is 0. The smallest absolute Gasteiger partial charge is 0.409 e. The molecule has 1 aromatic carbocycles. The minimum atomic E-state index is -0.234. The van der Waals surface area contributed by atoms with Crippen LogP contribution in [0.25, 0.3) is 0 Å². The Hall–Kier alpha value is -2.44. The van der Waals surface area contributed by atoms with E-state index in [1.54, 1.807) is 4.90 Å². The first-order valence-corrected chi connectivity index (χ1v) is 9.32. The second kappa shape index (κ2) is 10.5. The minimum Gasteiger partial charge on any atom is -0.494 e. The largest absolute Gasteiger partial charge is 0.494 e. The van der Waals surface area contributed by atoms with Crippen molar-refractivity contribution in [2.75, 3.05) is 32.8 Å². The molecule has 1 aliphatic rings. The second-order valence-corrected chi connectivity index (χ2v) is 6.20. The van der Waals surface area contributed by atoms with Crippen molar-refractivity contribution in [3.05, 3.63) is 29.8 Å². The molecule has 144 valence electrons. The summed E-state index contributed by atoms with van der Waals surface area (Å²) in [5.41, 5.74) is 7.17. The Kier molecular flexibility index (Phi) is 8.05. The van der Waals surface area contributed by atoms with Crippen LogP contribution < -0.4 is 15.8 Å². The Morgan fingerprint density at radius 2 is 2.08 bits per heavy atom. The van der Waals surface area contributed by atoms with Crippen molar-refractivity contribution in [3.8, 4) is 5.75 Å². The van der Waals surface area contributed by atoms with E-state index >= 15 is 0 Å². The van der Waals surface area contributed by atoms with Crippen LogP contribution in [0.4, 0.5) is 4.79 Å². The van der Waals surface area contributed by atoms with E-state index in [1.165, 1.54) is 5.56 Å². The lowest BCUT2D eigenvalue weighted by Gasteiger charge is -2.31. The fraction of sp³-hybridized carbons (Fsp3) is 0.579. The van der Waals surface area contributed by atoms with Gasteiger partial charge in [0.15, 0.2) is 5.96 Å². The van der Waals surface area contributed by atoms with E-state index < -0.39 is 0 Å². The molecule has 1 heterocycles. The van der Waals surface area contributed by atoms with E-state index in [4.69, 9.17) is 15.2 Å². The lowest BCUT2D eigenvalue weighted by Crippen LogP contribution is -2.48. The maximum atomic E-state index is 11.7. The van der Waals surface area contributed by atoms with Crippen molar-refractivity contribution in [2.24, 2.45) is 10.7 Å². The van der Waals surface area contributed by atoms with Gasteiger partial charge in [-0.3, -0.25) is 4.99 Å². The summed E-state index contributed by atoms with van der Waals surface area (Å²) < 4.78 is 10.5. The average Bonchev–Trinajstić information content (AvgIpc) is 2.63. The zero-order chi connectivity index (χ0) is 18.8. The van der Waals surface area contributed by atoms with Crippen LogP contribution in [0.3, 0.4) is 0 Å². The van der Waals surface area contributed by atoms with Crippen LogP contribution >= 0.6 is 0 Å². The van der Waals surface area contributed by atoms with Crippen LogP contribution in [0.5, 0.6) is 5.75 Å². The quantitative estimate of drug-likeness (QED) is 0.573. The zero-order valence-electron chi connectivity index (χ0n) is 15.7. The van der Waals surface area contributed by atoms with Crippen LogP contribution in [0.15, 0.2) is 29.3 Å². The summed E-state index contributed by atoms with van der Waals surface area (Å²) >= 11 is 0. The molecular weight excluding hydrogens is 332 g/mol. The average molecular weight is 362 g/mol. The first-order chi connectivity index (χ1) is 12.6. The number of aliphatic imine (C=N–C) groups is 1. The van der Waals surface area contributed by atoms with Gasteiger partial charge in [-0.2, -0.15) is 0 Å². The molecule has 1 amide bonds. The van der Waals surface area contributed by atoms with Crippen molar-refractivity contribution in [2.45, 2.75) is 39.2 Å². The molecule has 1 fully saturated rings. The van der Waals surface area contributed by atoms with Crippen molar-refractivity contribution in [1.82, 2.24) is 10.2 Å². The predicted molar refractivity (Wildman–Crippen MR) is 103 cm³/mol. The predicted octanol–water partition coefficient (Wildman–Crippen LogP) is 2.15. The van der Waals surface area contributed by atoms with Crippen LogP contribution in [-0.2, 0) is 11.2 Å². The molecule has 0 aromatic heterocycles. The van der Waals surface area contributed by atoms with Crippen molar-refractivity contribution < 1.29 is 14.3 Å². The summed E-state index contributed by atoms with van der Waals surface area (Å²) in [5.74, 6) is 1.34. The van der Waals surface area contributed by atoms with E-state index in [1.807, 2.05) is 32.0 Å². The molecule has 0 bridgehead atoms. The number of carbonyl (C=O) groups excluding carboxylic acids is 1. The highest BCUT2D eigenvalue weighted by Gasteiger charge is 2.23. The van der Waals surface area contributed by atoms with E-state index in [9.17, 15) is 4.79 Å². The van der Waals surface area contributed by atoms with Crippen molar-refractivity contribution in [1.29, 1.82) is 0 Å². The number of amides is 1. The first kappa shape index (κ1) is 19.9. The lowest BCUT2D eigenvalue weighted by molar-refractivity contribution is 0.0963. The van der Waals surface area contributed by atoms with Crippen molar-refractivity contribution in [3.63, 3.8) is 0 Å². The van der Waals surface area contributed by atoms with Crippen LogP contribution in [0.1, 0.15) is 32.3 Å². The minimum absolute atomic E-state index is 0.234. The van der Waals surface area contributed by atoms with Crippen molar-refractivity contribution >= 4 is 12.1 Å². The van der Waals surface area contributed by atoms with Crippen LogP contribution in [0, 0.1) is 0 Å². The number of ether oxygens (including phenoxy) is 2. The Morgan fingerprint density at radius 3 is 2.77 bits per heavy atom. The van der Waals surface area contributed by atoms with Gasteiger partial charge in [-0.15, -0.1) is 0 Å². The Morgan fingerprint density at radius 1 is 1.31 bits per heavy atom. The highest BCUT2D eigenvalue weighted by Crippen LogP contribution is 2.14. The monoisotopic (exact) mass is 362 g/mol. The van der Waals surface area contributed by atoms with Gasteiger partial charge in [0.2, 0.25) is 0 Å². The highest BCUT2D eigenvalue weighted by atomic mass is 16.6. The normalized spacial score (nSPS) is 15.6. The SMILES string of the molecule is CCOC(=O)N1CCC(NC(N)=NCCc2cccc(OCC)c2)CC1. The summed E-state index contributed by atoms with van der Waals surface area (Å²) in [6, 6.07) is 8.28. The van der Waals surface area contributed by atoms with Gasteiger partial charge in [0.1, 0.15) is 5.75 Å². The van der Waals surface area contributed by atoms with Crippen LogP contribution in [0.2, 0.25) is 0 Å². The highest BCUT2D eigenvalue weighted by molar-refractivity contribution is 5.78. The molecule has 0 aliphatic carbocycles. The number of nitrogens with one attached hydrogen (secondary N) is 1. The Balaban J connectivity index is 1.72. The molecule has 0 atom stereocenters. The third-order valence-corrected chi connectivity index (χ3v) is 4.27. The molecule has 7 nitrogen and oxygen atoms in total. The summed E-state index contributed by atoms with van der Waals surface area (Å²) in [6.45, 7) is 6.83. The molecular formula is C19H30N4O3. The number of hydrogen-bond donors (Lipinski definition) is 2. The maximum absolute atomic E-state index is 11.7. The molecule has 26 heavy (non-hydrogen) atoms. The van der Waals surface area contributed by atoms with Gasteiger partial charge in [0.05, 0.1) is 13.2 Å². The van der Waals surface area contributed by atoms with E-state index in [0.717, 1.165) is 25.0 Å². The van der Waals surface area contributed by atoms with Crippen LogP contribution in [-0.4, -0.2) is 55.8 Å². The van der Waals surface area contributed by atoms with Gasteiger partial charge in [0, 0.05) is 25.7 Å². The maximum Gasteiger partial charge on any atom is 0.409 e. The molecule has 0 unspecified atom stereocenters. The molecule has 0 radical (unpaired) electrons. The molecule has 3 N–H and O–H groups in total. The topological polar surface area (TPSA) is 89.2 Å². The number of carbonyl (C=O) groups is 1. The summed E-state index contributed by atoms with van der Waals surface area (Å²) in [5, 5.41) is 3.25. The van der Waals surface area contributed by atoms with Gasteiger partial charge in [-0.1, -0.05) is 12.1 Å². The van der Waals surface area contributed by atoms with Gasteiger partial charge in [0.25, 0.3) is 0 Å². The molecule has 2 rings (SSSR count). The number of guanidine groups is 1. The summed E-state index contributed by atoms with van der Waals surface area (Å²) in [4.78, 5) is 17.8. The van der Waals surface area contributed by atoms with E-state index in [2.05, 4.69) is 16.4 Å². The Bertz CT molecular complexity index is 598. The standard InChI is InChI=1S/C19H30N4O3/c1-3-25-17-7-5-6-15(14-17)8-11-21-18(20)22-16-9-12-23(13-10-16)19(24)26-4-2/h5-7,14,16H,3-4,8-13H2,1-2H3,(H3,20,21,22). The molecule has 1 saturated heterocycles. The fourth-order valence-corrected chi connectivity index (χ4v) is 2.94. The Labute approximate surface area is 155 Å². The number of likely N-dealkylation sites (tertiary alicyclic amines) is 1. The molecule has 1 aliphatic heterocycles.